The lowest BCUT2D eigenvalue weighted by molar-refractivity contribution is 0.0839. The fraction of sp³-hybridized carbons (Fsp3) is 0.556. The van der Waals surface area contributed by atoms with Crippen LogP contribution in [0.2, 0.25) is 0 Å². The molecule has 0 saturated carbocycles. The normalized spacial score (nSPS) is 24.9. The van der Waals surface area contributed by atoms with Gasteiger partial charge in [-0.3, -0.25) is 5.43 Å². The highest BCUT2D eigenvalue weighted by Gasteiger charge is 2.32. The maximum Gasteiger partial charge on any atom is 0.239 e. The van der Waals surface area contributed by atoms with Crippen molar-refractivity contribution in [2.45, 2.75) is 18.9 Å². The summed E-state index contributed by atoms with van der Waals surface area (Å²) in [6.07, 6.45) is 2.37. The van der Waals surface area contributed by atoms with Gasteiger partial charge in [-0.05, 0) is 29.3 Å². The predicted molar refractivity (Wildman–Crippen MR) is 65.0 cm³/mol. The van der Waals surface area contributed by atoms with Crippen LogP contribution >= 0.6 is 15.9 Å². The Kier molecular flexibility index (Phi) is 3.00. The van der Waals surface area contributed by atoms with E-state index in [1.807, 2.05) is 11.8 Å². The number of nitrogens with zero attached hydrogens (tertiary/aromatic N) is 3. The predicted octanol–water partition coefficient (Wildman–Crippen LogP) is 0.486. The molecule has 6 nitrogen and oxygen atoms in total. The monoisotopic (exact) mass is 287 g/mol. The zero-order chi connectivity index (χ0) is 11.8. The minimum Gasteiger partial charge on any atom is -0.388 e. The minimum atomic E-state index is -0.652. The van der Waals surface area contributed by atoms with Gasteiger partial charge in [0.05, 0.1) is 10.1 Å². The van der Waals surface area contributed by atoms with Crippen molar-refractivity contribution in [2.24, 2.45) is 5.84 Å². The van der Waals surface area contributed by atoms with Crippen LogP contribution in [0.4, 0.5) is 11.8 Å². The van der Waals surface area contributed by atoms with Gasteiger partial charge >= 0.3 is 0 Å². The molecule has 1 atom stereocenters. The summed E-state index contributed by atoms with van der Waals surface area (Å²) in [5, 5.41) is 9.90. The lowest BCUT2D eigenvalue weighted by atomic mass is 10.1. The summed E-state index contributed by atoms with van der Waals surface area (Å²) in [4.78, 5) is 10.2. The van der Waals surface area contributed by atoms with Gasteiger partial charge in [0.15, 0.2) is 0 Å². The second-order valence-corrected chi connectivity index (χ2v) is 5.03. The molecule has 1 aliphatic heterocycles. The van der Waals surface area contributed by atoms with Crippen LogP contribution in [-0.4, -0.2) is 33.8 Å². The van der Waals surface area contributed by atoms with Gasteiger partial charge in [-0.2, -0.15) is 4.98 Å². The van der Waals surface area contributed by atoms with E-state index >= 15 is 0 Å². The molecular weight excluding hydrogens is 274 g/mol. The van der Waals surface area contributed by atoms with Crippen molar-refractivity contribution >= 4 is 27.7 Å². The Labute approximate surface area is 102 Å². The Balaban J connectivity index is 2.27. The standard InChI is InChI=1S/C9H14BrN5O/c1-9(16)2-3-15(5-9)7-6(10)4-12-8(13-7)14-11/h4,16H,2-3,5,11H2,1H3,(H,12,13,14). The number of hydrazine groups is 1. The van der Waals surface area contributed by atoms with Crippen LogP contribution < -0.4 is 16.2 Å². The zero-order valence-corrected chi connectivity index (χ0v) is 10.5. The van der Waals surface area contributed by atoms with Crippen LogP contribution in [-0.2, 0) is 0 Å². The van der Waals surface area contributed by atoms with Gasteiger partial charge in [0.2, 0.25) is 5.95 Å². The van der Waals surface area contributed by atoms with E-state index in [9.17, 15) is 5.11 Å². The van der Waals surface area contributed by atoms with Gasteiger partial charge in [0, 0.05) is 19.3 Å². The number of nitrogen functional groups attached to an aromatic ring is 1. The van der Waals surface area contributed by atoms with E-state index in [1.165, 1.54) is 0 Å². The van der Waals surface area contributed by atoms with Crippen LogP contribution in [0.1, 0.15) is 13.3 Å². The Morgan fingerprint density at radius 2 is 2.44 bits per heavy atom. The fourth-order valence-electron chi connectivity index (χ4n) is 1.78. The van der Waals surface area contributed by atoms with Gasteiger partial charge in [0.1, 0.15) is 5.82 Å². The molecule has 2 rings (SSSR count). The molecule has 16 heavy (non-hydrogen) atoms. The molecule has 0 radical (unpaired) electrons. The second kappa shape index (κ2) is 4.15. The zero-order valence-electron chi connectivity index (χ0n) is 8.94. The van der Waals surface area contributed by atoms with Crippen LogP contribution in [0, 0.1) is 0 Å². The number of anilines is 2. The summed E-state index contributed by atoms with van der Waals surface area (Å²) in [6.45, 7) is 3.16. The van der Waals surface area contributed by atoms with Gasteiger partial charge in [-0.15, -0.1) is 0 Å². The van der Waals surface area contributed by atoms with Crippen molar-refractivity contribution < 1.29 is 5.11 Å². The average Bonchev–Trinajstić information content (AvgIpc) is 2.59. The molecule has 1 saturated heterocycles. The SMILES string of the molecule is CC1(O)CCN(c2nc(NN)ncc2Br)C1. The van der Waals surface area contributed by atoms with Crippen molar-refractivity contribution in [2.75, 3.05) is 23.4 Å². The third-order valence-corrected chi connectivity index (χ3v) is 3.17. The Morgan fingerprint density at radius 1 is 1.69 bits per heavy atom. The largest absolute Gasteiger partial charge is 0.388 e. The molecule has 1 aliphatic rings. The molecule has 88 valence electrons. The summed E-state index contributed by atoms with van der Waals surface area (Å²) in [5.41, 5.74) is 1.75. The number of halogens is 1. The molecule has 1 aromatic heterocycles. The van der Waals surface area contributed by atoms with Gasteiger partial charge in [0.25, 0.3) is 0 Å². The number of aliphatic hydroxyl groups is 1. The van der Waals surface area contributed by atoms with E-state index in [2.05, 4.69) is 31.3 Å². The summed E-state index contributed by atoms with van der Waals surface area (Å²) in [5.74, 6) is 6.38. The number of nitrogens with one attached hydrogen (secondary N) is 1. The summed E-state index contributed by atoms with van der Waals surface area (Å²) in [6, 6.07) is 0. The first kappa shape index (κ1) is 11.6. The van der Waals surface area contributed by atoms with Crippen molar-refractivity contribution in [3.05, 3.63) is 10.7 Å². The van der Waals surface area contributed by atoms with Crippen molar-refractivity contribution in [1.82, 2.24) is 9.97 Å². The number of β-amino-alcohol motifs (C(OH)–C–C–N with tert-alkyl or cyclic N) is 1. The minimum absolute atomic E-state index is 0.366. The highest BCUT2D eigenvalue weighted by molar-refractivity contribution is 9.10. The Bertz CT molecular complexity index is 397. The molecule has 1 fully saturated rings. The van der Waals surface area contributed by atoms with Gasteiger partial charge < -0.3 is 10.0 Å². The Morgan fingerprint density at radius 3 is 3.00 bits per heavy atom. The third-order valence-electron chi connectivity index (χ3n) is 2.61. The molecule has 1 aromatic rings. The summed E-state index contributed by atoms with van der Waals surface area (Å²) in [7, 11) is 0. The first-order chi connectivity index (χ1) is 7.52. The lowest BCUT2D eigenvalue weighted by Crippen LogP contribution is -2.30. The van der Waals surface area contributed by atoms with Crippen LogP contribution in [0.3, 0.4) is 0 Å². The Hall–Kier alpha value is -0.920. The topological polar surface area (TPSA) is 87.3 Å². The first-order valence-corrected chi connectivity index (χ1v) is 5.78. The molecule has 0 aromatic carbocycles. The smallest absolute Gasteiger partial charge is 0.239 e. The number of hydrogen-bond acceptors (Lipinski definition) is 6. The van der Waals surface area contributed by atoms with Crippen molar-refractivity contribution in [3.8, 4) is 0 Å². The number of nitrogens with two attached hydrogens (primary N) is 1. The summed E-state index contributed by atoms with van der Waals surface area (Å²) < 4.78 is 0.796. The van der Waals surface area contributed by atoms with E-state index in [4.69, 9.17) is 5.84 Å². The molecular formula is C9H14BrN5O. The highest BCUT2D eigenvalue weighted by Crippen LogP contribution is 2.30. The molecule has 0 aliphatic carbocycles. The van der Waals surface area contributed by atoms with E-state index in [-0.39, 0.29) is 0 Å². The van der Waals surface area contributed by atoms with E-state index < -0.39 is 5.60 Å². The van der Waals surface area contributed by atoms with E-state index in [1.54, 1.807) is 6.20 Å². The first-order valence-electron chi connectivity index (χ1n) is 4.98. The van der Waals surface area contributed by atoms with Crippen LogP contribution in [0.25, 0.3) is 0 Å². The molecule has 0 amide bonds. The fourth-order valence-corrected chi connectivity index (χ4v) is 2.22. The summed E-state index contributed by atoms with van der Waals surface area (Å²) >= 11 is 3.39. The molecule has 4 N–H and O–H groups in total. The number of hydrogen-bond donors (Lipinski definition) is 3. The number of aromatic nitrogens is 2. The molecule has 7 heteroatoms. The highest BCUT2D eigenvalue weighted by atomic mass is 79.9. The van der Waals surface area contributed by atoms with Crippen LogP contribution in [0.15, 0.2) is 10.7 Å². The van der Waals surface area contributed by atoms with E-state index in [0.717, 1.165) is 23.3 Å². The average molecular weight is 288 g/mol. The van der Waals surface area contributed by atoms with Crippen LogP contribution in [0.5, 0.6) is 0 Å². The van der Waals surface area contributed by atoms with Crippen molar-refractivity contribution in [3.63, 3.8) is 0 Å². The quantitative estimate of drug-likeness (QED) is 0.542. The molecule has 1 unspecified atom stereocenters. The lowest BCUT2D eigenvalue weighted by Gasteiger charge is -2.21. The maximum absolute atomic E-state index is 9.90. The number of rotatable bonds is 2. The third kappa shape index (κ3) is 2.26. The van der Waals surface area contributed by atoms with Crippen molar-refractivity contribution in [1.29, 1.82) is 0 Å². The second-order valence-electron chi connectivity index (χ2n) is 4.18. The maximum atomic E-state index is 9.90. The van der Waals surface area contributed by atoms with Gasteiger partial charge in [-0.25, -0.2) is 10.8 Å². The molecule has 0 bridgehead atoms. The molecule has 0 spiro atoms. The van der Waals surface area contributed by atoms with Gasteiger partial charge in [-0.1, -0.05) is 0 Å². The molecule has 2 heterocycles. The van der Waals surface area contributed by atoms with E-state index in [0.29, 0.717) is 12.5 Å².